The number of allylic oxidation sites excluding steroid dienone is 4. The van der Waals surface area contributed by atoms with E-state index in [0.717, 1.165) is 11.3 Å². The van der Waals surface area contributed by atoms with Crippen LogP contribution < -0.4 is 5.32 Å². The standard InChI is InChI=1S/C22H28F3N3O/c1-20(2,3)11-17(29)26-19-18(14-4-6-15(23)7-5-14)16-10-21(8-9-28(16)27-19)12-22(24,25)13-21/h4,6-7,14H,5,8-13H2,1-3H3,(H,26,27,29). The van der Waals surface area contributed by atoms with Crippen molar-refractivity contribution in [2.24, 2.45) is 10.8 Å². The van der Waals surface area contributed by atoms with E-state index in [2.05, 4.69) is 10.4 Å². The zero-order valence-electron chi connectivity index (χ0n) is 17.2. The van der Waals surface area contributed by atoms with Gasteiger partial charge in [0.25, 0.3) is 0 Å². The molecule has 2 aliphatic carbocycles. The summed E-state index contributed by atoms with van der Waals surface area (Å²) in [5, 5.41) is 7.57. The van der Waals surface area contributed by atoms with Gasteiger partial charge in [0.15, 0.2) is 5.82 Å². The molecule has 29 heavy (non-hydrogen) atoms. The Morgan fingerprint density at radius 3 is 2.66 bits per heavy atom. The third kappa shape index (κ3) is 4.14. The van der Waals surface area contributed by atoms with E-state index in [4.69, 9.17) is 0 Å². The van der Waals surface area contributed by atoms with Crippen molar-refractivity contribution in [2.75, 3.05) is 5.32 Å². The molecule has 1 unspecified atom stereocenters. The lowest BCUT2D eigenvalue weighted by molar-refractivity contribution is -0.169. The summed E-state index contributed by atoms with van der Waals surface area (Å²) in [5.41, 5.74) is 1.20. The minimum absolute atomic E-state index is 0.0919. The van der Waals surface area contributed by atoms with E-state index < -0.39 is 5.92 Å². The van der Waals surface area contributed by atoms with Gasteiger partial charge in [-0.25, -0.2) is 13.2 Å². The minimum atomic E-state index is -2.58. The molecule has 1 saturated carbocycles. The van der Waals surface area contributed by atoms with Gasteiger partial charge in [0.2, 0.25) is 11.8 Å². The number of nitrogens with zero attached hydrogens (tertiary/aromatic N) is 2. The molecular weight excluding hydrogens is 379 g/mol. The van der Waals surface area contributed by atoms with Crippen LogP contribution in [0.5, 0.6) is 0 Å². The average Bonchev–Trinajstić information content (AvgIpc) is 2.89. The van der Waals surface area contributed by atoms with Crippen LogP contribution in [0.2, 0.25) is 0 Å². The average molecular weight is 407 g/mol. The molecule has 1 aromatic rings. The van der Waals surface area contributed by atoms with Crippen molar-refractivity contribution in [1.82, 2.24) is 9.78 Å². The topological polar surface area (TPSA) is 46.9 Å². The van der Waals surface area contributed by atoms with Crippen molar-refractivity contribution in [2.45, 2.75) is 77.7 Å². The Morgan fingerprint density at radius 1 is 1.34 bits per heavy atom. The fraction of sp³-hybridized carbons (Fsp3) is 0.636. The van der Waals surface area contributed by atoms with E-state index in [-0.39, 0.29) is 41.3 Å². The highest BCUT2D eigenvalue weighted by Gasteiger charge is 2.57. The van der Waals surface area contributed by atoms with Crippen LogP contribution in [-0.2, 0) is 17.8 Å². The van der Waals surface area contributed by atoms with Crippen LogP contribution >= 0.6 is 0 Å². The molecular formula is C22H28F3N3O. The van der Waals surface area contributed by atoms with Crippen molar-refractivity contribution in [1.29, 1.82) is 0 Å². The van der Waals surface area contributed by atoms with Gasteiger partial charge in [-0.2, -0.15) is 5.10 Å². The van der Waals surface area contributed by atoms with E-state index in [1.165, 1.54) is 12.2 Å². The SMILES string of the molecule is CC(C)(C)CC(=O)Nc1nn2c(c1C1C=CC(F)=CC1)CC1(CC2)CC(F)(F)C1. The summed E-state index contributed by atoms with van der Waals surface area (Å²) in [6, 6.07) is 0. The lowest BCUT2D eigenvalue weighted by atomic mass is 9.60. The molecule has 3 aliphatic rings. The van der Waals surface area contributed by atoms with Crippen LogP contribution in [-0.4, -0.2) is 21.6 Å². The molecule has 158 valence electrons. The van der Waals surface area contributed by atoms with Crippen LogP contribution in [0.4, 0.5) is 19.0 Å². The summed E-state index contributed by atoms with van der Waals surface area (Å²) in [4.78, 5) is 12.6. The fourth-order valence-corrected chi connectivity index (χ4v) is 4.96. The van der Waals surface area contributed by atoms with Crippen molar-refractivity contribution >= 4 is 11.7 Å². The van der Waals surface area contributed by atoms with Gasteiger partial charge in [-0.05, 0) is 42.2 Å². The lowest BCUT2D eigenvalue weighted by Crippen LogP contribution is -2.50. The van der Waals surface area contributed by atoms with Crippen LogP contribution in [0.25, 0.3) is 0 Å². The summed E-state index contributed by atoms with van der Waals surface area (Å²) in [6.45, 7) is 6.53. The molecule has 7 heteroatoms. The van der Waals surface area contributed by atoms with Gasteiger partial charge < -0.3 is 5.32 Å². The number of carbonyl (C=O) groups excluding carboxylic acids is 1. The molecule has 0 aromatic carbocycles. The summed E-state index contributed by atoms with van der Waals surface area (Å²) >= 11 is 0. The minimum Gasteiger partial charge on any atom is -0.309 e. The molecule has 0 radical (unpaired) electrons. The Balaban J connectivity index is 1.66. The molecule has 1 spiro atoms. The Hall–Kier alpha value is -2.05. The third-order valence-electron chi connectivity index (χ3n) is 6.14. The van der Waals surface area contributed by atoms with Crippen LogP contribution in [0.15, 0.2) is 24.1 Å². The largest absolute Gasteiger partial charge is 0.309 e. The molecule has 1 atom stereocenters. The van der Waals surface area contributed by atoms with Gasteiger partial charge in [0.1, 0.15) is 5.83 Å². The van der Waals surface area contributed by atoms with Crippen LogP contribution in [0, 0.1) is 10.8 Å². The number of anilines is 1. The Kier molecular flexibility index (Phi) is 4.70. The number of aromatic nitrogens is 2. The number of alkyl halides is 2. The van der Waals surface area contributed by atoms with Crippen molar-refractivity contribution in [3.8, 4) is 0 Å². The van der Waals surface area contributed by atoms with E-state index in [0.29, 0.717) is 38.0 Å². The summed E-state index contributed by atoms with van der Waals surface area (Å²) in [7, 11) is 0. The summed E-state index contributed by atoms with van der Waals surface area (Å²) < 4.78 is 42.6. The molecule has 1 amide bonds. The van der Waals surface area contributed by atoms with Gasteiger partial charge in [0.05, 0.1) is 0 Å². The second-order valence-electron chi connectivity index (χ2n) is 10.1. The number of fused-ring (bicyclic) bond motifs is 1. The predicted molar refractivity (Wildman–Crippen MR) is 106 cm³/mol. The first-order valence-electron chi connectivity index (χ1n) is 10.3. The van der Waals surface area contributed by atoms with Crippen molar-refractivity contribution < 1.29 is 18.0 Å². The quantitative estimate of drug-likeness (QED) is 0.718. The highest BCUT2D eigenvalue weighted by molar-refractivity contribution is 5.91. The predicted octanol–water partition coefficient (Wildman–Crippen LogP) is 5.52. The zero-order chi connectivity index (χ0) is 21.0. The first-order chi connectivity index (χ1) is 13.5. The maximum absolute atomic E-state index is 13.6. The van der Waals surface area contributed by atoms with E-state index in [1.54, 1.807) is 6.08 Å². The zero-order valence-corrected chi connectivity index (χ0v) is 17.2. The number of hydrogen-bond donors (Lipinski definition) is 1. The van der Waals surface area contributed by atoms with E-state index >= 15 is 0 Å². The van der Waals surface area contributed by atoms with Crippen LogP contribution in [0.1, 0.15) is 70.1 Å². The fourth-order valence-electron chi connectivity index (χ4n) is 4.96. The second kappa shape index (κ2) is 6.74. The van der Waals surface area contributed by atoms with E-state index in [1.807, 2.05) is 25.5 Å². The Morgan fingerprint density at radius 2 is 2.07 bits per heavy atom. The molecule has 1 fully saturated rings. The van der Waals surface area contributed by atoms with Crippen molar-refractivity contribution in [3.63, 3.8) is 0 Å². The number of carbonyl (C=O) groups is 1. The Bertz CT molecular complexity index is 884. The Labute approximate surface area is 169 Å². The normalized spacial score (nSPS) is 24.6. The summed E-state index contributed by atoms with van der Waals surface area (Å²) in [5.74, 6) is -2.62. The first-order valence-corrected chi connectivity index (χ1v) is 10.3. The highest BCUT2D eigenvalue weighted by atomic mass is 19.3. The molecule has 4 rings (SSSR count). The smallest absolute Gasteiger partial charge is 0.249 e. The number of amides is 1. The molecule has 1 aliphatic heterocycles. The highest BCUT2D eigenvalue weighted by Crippen LogP contribution is 2.58. The molecule has 0 bridgehead atoms. The molecule has 2 heterocycles. The van der Waals surface area contributed by atoms with Gasteiger partial charge in [-0.1, -0.05) is 26.8 Å². The van der Waals surface area contributed by atoms with Gasteiger partial charge in [-0.3, -0.25) is 9.48 Å². The molecule has 4 nitrogen and oxygen atoms in total. The molecule has 0 saturated heterocycles. The number of halogens is 3. The second-order valence-corrected chi connectivity index (χ2v) is 10.1. The van der Waals surface area contributed by atoms with Gasteiger partial charge >= 0.3 is 0 Å². The first kappa shape index (κ1) is 20.2. The number of nitrogens with one attached hydrogen (secondary N) is 1. The van der Waals surface area contributed by atoms with Gasteiger partial charge in [-0.15, -0.1) is 0 Å². The number of rotatable bonds is 3. The third-order valence-corrected chi connectivity index (χ3v) is 6.14. The molecule has 1 N–H and O–H groups in total. The number of hydrogen-bond acceptors (Lipinski definition) is 2. The number of aryl methyl sites for hydroxylation is 1. The molecule has 1 aromatic heterocycles. The van der Waals surface area contributed by atoms with E-state index in [9.17, 15) is 18.0 Å². The maximum Gasteiger partial charge on any atom is 0.249 e. The monoisotopic (exact) mass is 407 g/mol. The lowest BCUT2D eigenvalue weighted by Gasteiger charge is -2.49. The van der Waals surface area contributed by atoms with Crippen LogP contribution in [0.3, 0.4) is 0 Å². The van der Waals surface area contributed by atoms with Gasteiger partial charge in [0, 0.05) is 43.0 Å². The van der Waals surface area contributed by atoms with Crippen molar-refractivity contribution in [3.05, 3.63) is 35.3 Å². The maximum atomic E-state index is 13.6. The summed E-state index contributed by atoms with van der Waals surface area (Å²) in [6.07, 6.45) is 6.55.